The number of nitrogens with one attached hydrogen (secondary N) is 1. The molecule has 0 aliphatic carbocycles. The lowest BCUT2D eigenvalue weighted by molar-refractivity contribution is -0.137. The van der Waals surface area contributed by atoms with Crippen molar-refractivity contribution >= 4 is 46.5 Å². The number of piperidine rings is 1. The number of nitrogens with zero attached hydrogens (tertiary/aromatic N) is 2. The van der Waals surface area contributed by atoms with Crippen LogP contribution in [0.15, 0.2) is 58.4 Å². The highest BCUT2D eigenvalue weighted by Crippen LogP contribution is 2.54. The average Bonchev–Trinajstić information content (AvgIpc) is 3.45. The van der Waals surface area contributed by atoms with E-state index in [1.807, 2.05) is 0 Å². The molecule has 8 nitrogen and oxygen atoms in total. The number of fused-ring (bicyclic) bond motifs is 2. The Balaban J connectivity index is 1.34. The number of halogens is 3. The lowest BCUT2D eigenvalue weighted by atomic mass is 9.83. The van der Waals surface area contributed by atoms with Crippen molar-refractivity contribution in [2.45, 2.75) is 41.6 Å². The van der Waals surface area contributed by atoms with Crippen molar-refractivity contribution in [3.05, 3.63) is 74.2 Å². The molecule has 6 rings (SSSR count). The number of benzene rings is 2. The molecule has 0 saturated carbocycles. The first-order valence-corrected chi connectivity index (χ1v) is 14.8. The second kappa shape index (κ2) is 10.7. The normalized spacial score (nSPS) is 22.5. The predicted molar refractivity (Wildman–Crippen MR) is 146 cm³/mol. The summed E-state index contributed by atoms with van der Waals surface area (Å²) < 4.78 is 47.3. The fourth-order valence-corrected chi connectivity index (χ4v) is 8.21. The first-order valence-electron chi connectivity index (χ1n) is 13.1. The molecule has 41 heavy (non-hydrogen) atoms. The van der Waals surface area contributed by atoms with Crippen LogP contribution in [0.1, 0.15) is 41.2 Å². The van der Waals surface area contributed by atoms with Gasteiger partial charge in [0.2, 0.25) is 11.8 Å². The monoisotopic (exact) mass is 603 g/mol. The van der Waals surface area contributed by atoms with Gasteiger partial charge in [0.1, 0.15) is 11.0 Å². The van der Waals surface area contributed by atoms with Gasteiger partial charge < -0.3 is 14.6 Å². The number of ether oxygens (including phenoxy) is 1. The number of rotatable bonds is 5. The van der Waals surface area contributed by atoms with Crippen LogP contribution in [-0.2, 0) is 20.6 Å². The van der Waals surface area contributed by atoms with E-state index in [1.54, 1.807) is 29.2 Å². The summed E-state index contributed by atoms with van der Waals surface area (Å²) in [5.74, 6) is -3.16. The fourth-order valence-electron chi connectivity index (χ4n) is 5.70. The van der Waals surface area contributed by atoms with Crippen LogP contribution >= 0.6 is 23.1 Å². The van der Waals surface area contributed by atoms with Crippen molar-refractivity contribution < 1.29 is 32.3 Å². The Morgan fingerprint density at radius 2 is 1.76 bits per heavy atom. The molecule has 1 N–H and O–H groups in total. The van der Waals surface area contributed by atoms with Gasteiger partial charge in [0.05, 0.1) is 22.2 Å². The molecule has 0 radical (unpaired) electrons. The summed E-state index contributed by atoms with van der Waals surface area (Å²) >= 11 is 1.88. The zero-order valence-electron chi connectivity index (χ0n) is 21.5. The maximum atomic E-state index is 13.9. The van der Waals surface area contributed by atoms with Gasteiger partial charge in [0.25, 0.3) is 5.91 Å². The van der Waals surface area contributed by atoms with Crippen LogP contribution in [-0.4, -0.2) is 52.6 Å². The number of carbonyl (C=O) groups is 3. The molecule has 0 spiro atoms. The molecule has 3 aliphatic rings. The molecule has 2 saturated heterocycles. The molecule has 4 heterocycles. The second-order valence-electron chi connectivity index (χ2n) is 10.1. The van der Waals surface area contributed by atoms with Gasteiger partial charge in [0.15, 0.2) is 6.61 Å². The number of alkyl halides is 3. The molecule has 214 valence electrons. The maximum Gasteiger partial charge on any atom is 0.418 e. The number of hydrogen-bond acceptors (Lipinski definition) is 7. The summed E-state index contributed by atoms with van der Waals surface area (Å²) in [6.07, 6.45) is -1.80. The Morgan fingerprint density at radius 1 is 1.00 bits per heavy atom. The minimum atomic E-state index is -4.78. The van der Waals surface area contributed by atoms with Gasteiger partial charge in [-0.15, -0.1) is 0 Å². The highest BCUT2D eigenvalue weighted by molar-refractivity contribution is 8.00. The standard InChI is InChI=1S/C28H24F3N3O5S2/c29-28(30,31)17-9-2-3-10-18(17)34-25(36)21-20(22-24(32-27(38)41-22)40-23(21)26(34)37)15-7-6-8-16(13-15)39-14-19(35)33-11-4-1-5-12-33/h2-3,6-10,13,20-21,23H,1,4-5,11-12,14H2,(H,32,38). The molecule has 3 amide bonds. The first-order chi connectivity index (χ1) is 19.6. The van der Waals surface area contributed by atoms with Crippen LogP contribution in [0.4, 0.5) is 18.9 Å². The fraction of sp³-hybridized carbons (Fsp3) is 0.357. The summed E-state index contributed by atoms with van der Waals surface area (Å²) in [6.45, 7) is 1.20. The minimum Gasteiger partial charge on any atom is -0.484 e. The SMILES string of the molecule is O=C(COc1cccc(C2c3sc(=O)[nH]c3SC3C(=O)N(c4ccccc4C(F)(F)F)C(=O)C32)c1)N1CCCCC1. The number of imide groups is 1. The Bertz CT molecular complexity index is 1580. The first kappa shape index (κ1) is 27.6. The number of aromatic nitrogens is 1. The summed E-state index contributed by atoms with van der Waals surface area (Å²) in [4.78, 5) is 57.6. The van der Waals surface area contributed by atoms with E-state index < -0.39 is 46.3 Å². The number of carbonyl (C=O) groups excluding carboxylic acids is 3. The number of anilines is 1. The van der Waals surface area contributed by atoms with Gasteiger partial charge in [0, 0.05) is 23.9 Å². The van der Waals surface area contributed by atoms with Crippen molar-refractivity contribution in [3.8, 4) is 5.75 Å². The zero-order chi connectivity index (χ0) is 28.9. The molecule has 1 aromatic heterocycles. The third-order valence-corrected chi connectivity index (χ3v) is 9.96. The molecule has 3 unspecified atom stereocenters. The number of para-hydroxylation sites is 1. The van der Waals surface area contributed by atoms with E-state index in [4.69, 9.17) is 4.74 Å². The van der Waals surface area contributed by atoms with E-state index in [0.29, 0.717) is 39.2 Å². The van der Waals surface area contributed by atoms with E-state index >= 15 is 0 Å². The number of thioether (sulfide) groups is 1. The Labute approximate surface area is 240 Å². The Kier molecular flexibility index (Phi) is 7.18. The van der Waals surface area contributed by atoms with Gasteiger partial charge in [-0.25, -0.2) is 4.90 Å². The molecule has 3 atom stereocenters. The average molecular weight is 604 g/mol. The quantitative estimate of drug-likeness (QED) is 0.427. The lowest BCUT2D eigenvalue weighted by Crippen LogP contribution is -2.38. The van der Waals surface area contributed by atoms with Gasteiger partial charge >= 0.3 is 11.0 Å². The molecule has 2 aromatic carbocycles. The smallest absolute Gasteiger partial charge is 0.418 e. The summed E-state index contributed by atoms with van der Waals surface area (Å²) in [7, 11) is 0. The van der Waals surface area contributed by atoms with E-state index in [9.17, 15) is 32.3 Å². The van der Waals surface area contributed by atoms with Crippen molar-refractivity contribution in [1.82, 2.24) is 9.88 Å². The van der Waals surface area contributed by atoms with Crippen LogP contribution < -0.4 is 14.5 Å². The summed E-state index contributed by atoms with van der Waals surface area (Å²) in [6, 6.07) is 11.2. The van der Waals surface area contributed by atoms with Crippen LogP contribution in [0, 0.1) is 5.92 Å². The molecule has 0 bridgehead atoms. The van der Waals surface area contributed by atoms with Crippen molar-refractivity contribution in [3.63, 3.8) is 0 Å². The zero-order valence-corrected chi connectivity index (χ0v) is 23.1. The van der Waals surface area contributed by atoms with Crippen LogP contribution in [0.2, 0.25) is 0 Å². The number of amides is 3. The Morgan fingerprint density at radius 3 is 2.51 bits per heavy atom. The van der Waals surface area contributed by atoms with Gasteiger partial charge in [-0.1, -0.05) is 47.4 Å². The van der Waals surface area contributed by atoms with Crippen molar-refractivity contribution in [2.75, 3.05) is 24.6 Å². The third-order valence-electron chi connectivity index (χ3n) is 7.56. The van der Waals surface area contributed by atoms with E-state index in [-0.39, 0.29) is 17.4 Å². The van der Waals surface area contributed by atoms with Gasteiger partial charge in [-0.2, -0.15) is 13.2 Å². The molecule has 13 heteroatoms. The number of H-pyrrole nitrogens is 1. The number of hydrogen-bond donors (Lipinski definition) is 1. The second-order valence-corrected chi connectivity index (χ2v) is 12.2. The largest absolute Gasteiger partial charge is 0.484 e. The van der Waals surface area contributed by atoms with E-state index in [0.717, 1.165) is 54.5 Å². The third kappa shape index (κ3) is 5.05. The molecular formula is C28H24F3N3O5S2. The highest BCUT2D eigenvalue weighted by Gasteiger charge is 2.57. The number of thiazole rings is 1. The van der Waals surface area contributed by atoms with Gasteiger partial charge in [-0.3, -0.25) is 19.2 Å². The summed E-state index contributed by atoms with van der Waals surface area (Å²) in [5.41, 5.74) is -1.06. The van der Waals surface area contributed by atoms with Crippen LogP contribution in [0.25, 0.3) is 0 Å². The van der Waals surface area contributed by atoms with Crippen LogP contribution in [0.3, 0.4) is 0 Å². The van der Waals surface area contributed by atoms with E-state index in [1.165, 1.54) is 12.1 Å². The molecule has 3 aliphatic heterocycles. The lowest BCUT2D eigenvalue weighted by Gasteiger charge is -2.30. The number of likely N-dealkylation sites (tertiary alicyclic amines) is 1. The highest BCUT2D eigenvalue weighted by atomic mass is 32.2. The topological polar surface area (TPSA) is 99.8 Å². The molecule has 2 fully saturated rings. The van der Waals surface area contributed by atoms with Crippen molar-refractivity contribution in [2.24, 2.45) is 5.92 Å². The molecule has 3 aromatic rings. The predicted octanol–water partition coefficient (Wildman–Crippen LogP) is 4.64. The Hall–Kier alpha value is -3.58. The molecular weight excluding hydrogens is 579 g/mol. The van der Waals surface area contributed by atoms with Crippen LogP contribution in [0.5, 0.6) is 5.75 Å². The summed E-state index contributed by atoms with van der Waals surface area (Å²) in [5, 5.41) is -0.637. The maximum absolute atomic E-state index is 13.9. The van der Waals surface area contributed by atoms with Crippen molar-refractivity contribution in [1.29, 1.82) is 0 Å². The number of aromatic amines is 1. The van der Waals surface area contributed by atoms with Gasteiger partial charge in [-0.05, 0) is 49.1 Å². The minimum absolute atomic E-state index is 0.133. The van der Waals surface area contributed by atoms with E-state index in [2.05, 4.69) is 4.98 Å².